The molecule has 2 fully saturated rings. The van der Waals surface area contributed by atoms with Gasteiger partial charge in [-0.15, -0.1) is 0 Å². The van der Waals surface area contributed by atoms with E-state index in [4.69, 9.17) is 4.98 Å². The SMILES string of the molecule is c1ccc(-c2nc3ncccn3c2CN2CCC[C@]3(CCNC3)C2)cc1. The number of benzene rings is 1. The van der Waals surface area contributed by atoms with Gasteiger partial charge in [0.25, 0.3) is 0 Å². The highest BCUT2D eigenvalue weighted by Crippen LogP contribution is 2.36. The molecule has 0 amide bonds. The van der Waals surface area contributed by atoms with Crippen LogP contribution in [0.15, 0.2) is 48.8 Å². The molecule has 134 valence electrons. The Hall–Kier alpha value is -2.24. The fourth-order valence-electron chi connectivity index (χ4n) is 4.71. The average molecular weight is 347 g/mol. The first-order chi connectivity index (χ1) is 12.8. The van der Waals surface area contributed by atoms with Crippen molar-refractivity contribution < 1.29 is 0 Å². The maximum Gasteiger partial charge on any atom is 0.234 e. The number of piperidine rings is 1. The zero-order chi connectivity index (χ0) is 17.4. The molecule has 4 heterocycles. The van der Waals surface area contributed by atoms with Gasteiger partial charge in [-0.25, -0.2) is 9.97 Å². The van der Waals surface area contributed by atoms with Gasteiger partial charge in [0.2, 0.25) is 5.78 Å². The van der Waals surface area contributed by atoms with Gasteiger partial charge in [0.1, 0.15) is 0 Å². The molecule has 2 aromatic heterocycles. The number of hydrogen-bond donors (Lipinski definition) is 1. The highest BCUT2D eigenvalue weighted by atomic mass is 15.2. The molecule has 1 N–H and O–H groups in total. The molecule has 0 unspecified atom stereocenters. The van der Waals surface area contributed by atoms with Crippen LogP contribution in [0.1, 0.15) is 25.0 Å². The molecule has 5 heteroatoms. The number of aromatic nitrogens is 3. The van der Waals surface area contributed by atoms with Crippen LogP contribution in [-0.2, 0) is 6.54 Å². The number of likely N-dealkylation sites (tertiary alicyclic amines) is 1. The summed E-state index contributed by atoms with van der Waals surface area (Å²) >= 11 is 0. The molecule has 3 aromatic rings. The van der Waals surface area contributed by atoms with Crippen molar-refractivity contribution in [2.75, 3.05) is 26.2 Å². The Morgan fingerprint density at radius 1 is 1.12 bits per heavy atom. The van der Waals surface area contributed by atoms with E-state index in [1.165, 1.54) is 56.7 Å². The van der Waals surface area contributed by atoms with Crippen molar-refractivity contribution in [3.05, 3.63) is 54.5 Å². The predicted molar refractivity (Wildman–Crippen MR) is 103 cm³/mol. The van der Waals surface area contributed by atoms with Gasteiger partial charge in [-0.05, 0) is 43.8 Å². The summed E-state index contributed by atoms with van der Waals surface area (Å²) in [5, 5.41) is 3.57. The summed E-state index contributed by atoms with van der Waals surface area (Å²) in [6.07, 6.45) is 7.87. The normalized spacial score (nSPS) is 23.8. The smallest absolute Gasteiger partial charge is 0.234 e. The molecular weight excluding hydrogens is 322 g/mol. The van der Waals surface area contributed by atoms with Crippen molar-refractivity contribution in [2.24, 2.45) is 5.41 Å². The van der Waals surface area contributed by atoms with Gasteiger partial charge in [-0.3, -0.25) is 9.30 Å². The lowest BCUT2D eigenvalue weighted by atomic mass is 9.79. The second-order valence-electron chi connectivity index (χ2n) is 7.80. The number of rotatable bonds is 3. The second-order valence-corrected chi connectivity index (χ2v) is 7.80. The van der Waals surface area contributed by atoms with Crippen molar-refractivity contribution >= 4 is 5.78 Å². The highest BCUT2D eigenvalue weighted by molar-refractivity contribution is 5.65. The lowest BCUT2D eigenvalue weighted by Gasteiger charge is -2.40. The zero-order valence-electron chi connectivity index (χ0n) is 15.1. The topological polar surface area (TPSA) is 45.5 Å². The van der Waals surface area contributed by atoms with E-state index in [-0.39, 0.29) is 0 Å². The molecule has 0 saturated carbocycles. The maximum absolute atomic E-state index is 4.85. The van der Waals surface area contributed by atoms with Crippen molar-refractivity contribution in [1.29, 1.82) is 0 Å². The lowest BCUT2D eigenvalue weighted by Crippen LogP contribution is -2.44. The molecule has 0 bridgehead atoms. The Bertz CT molecular complexity index is 895. The Kier molecular flexibility index (Phi) is 3.98. The minimum Gasteiger partial charge on any atom is -0.316 e. The van der Waals surface area contributed by atoms with Crippen LogP contribution in [0.2, 0.25) is 0 Å². The molecule has 1 aromatic carbocycles. The van der Waals surface area contributed by atoms with Crippen LogP contribution in [0.4, 0.5) is 0 Å². The minimum atomic E-state index is 0.476. The van der Waals surface area contributed by atoms with Crippen molar-refractivity contribution in [3.8, 4) is 11.3 Å². The predicted octanol–water partition coefficient (Wildman–Crippen LogP) is 2.97. The number of imidazole rings is 1. The van der Waals surface area contributed by atoms with Crippen molar-refractivity contribution in [2.45, 2.75) is 25.8 Å². The molecule has 0 radical (unpaired) electrons. The van der Waals surface area contributed by atoms with Gasteiger partial charge in [-0.2, -0.15) is 0 Å². The van der Waals surface area contributed by atoms with E-state index in [1.54, 1.807) is 0 Å². The third kappa shape index (κ3) is 2.81. The molecule has 1 atom stereocenters. The highest BCUT2D eigenvalue weighted by Gasteiger charge is 2.38. The minimum absolute atomic E-state index is 0.476. The first kappa shape index (κ1) is 16.0. The number of fused-ring (bicyclic) bond motifs is 1. The van der Waals surface area contributed by atoms with Crippen LogP contribution in [0.5, 0.6) is 0 Å². The van der Waals surface area contributed by atoms with Crippen molar-refractivity contribution in [3.63, 3.8) is 0 Å². The number of nitrogens with one attached hydrogen (secondary N) is 1. The zero-order valence-corrected chi connectivity index (χ0v) is 15.1. The van der Waals surface area contributed by atoms with E-state index in [1.807, 2.05) is 12.3 Å². The molecule has 1 spiro atoms. The average Bonchev–Trinajstić information content (AvgIpc) is 3.28. The largest absolute Gasteiger partial charge is 0.316 e. The van der Waals surface area contributed by atoms with Gasteiger partial charge in [-0.1, -0.05) is 30.3 Å². The Labute approximate surface area is 154 Å². The van der Waals surface area contributed by atoms with Gasteiger partial charge in [0.15, 0.2) is 0 Å². The molecule has 0 aliphatic carbocycles. The summed E-state index contributed by atoms with van der Waals surface area (Å²) < 4.78 is 2.16. The first-order valence-electron chi connectivity index (χ1n) is 9.64. The summed E-state index contributed by atoms with van der Waals surface area (Å²) in [6.45, 7) is 5.62. The van der Waals surface area contributed by atoms with Crippen LogP contribution in [-0.4, -0.2) is 45.4 Å². The monoisotopic (exact) mass is 347 g/mol. The quantitative estimate of drug-likeness (QED) is 0.791. The van der Waals surface area contributed by atoms with Gasteiger partial charge in [0, 0.05) is 37.6 Å². The van der Waals surface area contributed by atoms with E-state index in [0.717, 1.165) is 18.0 Å². The van der Waals surface area contributed by atoms with Crippen LogP contribution >= 0.6 is 0 Å². The van der Waals surface area contributed by atoms with Crippen LogP contribution in [0, 0.1) is 5.41 Å². The summed E-state index contributed by atoms with van der Waals surface area (Å²) in [4.78, 5) is 12.0. The third-order valence-corrected chi connectivity index (χ3v) is 6.00. The Morgan fingerprint density at radius 2 is 2.04 bits per heavy atom. The van der Waals surface area contributed by atoms with E-state index in [0.29, 0.717) is 5.41 Å². The van der Waals surface area contributed by atoms with Crippen LogP contribution < -0.4 is 5.32 Å². The molecule has 5 nitrogen and oxygen atoms in total. The molecule has 2 aliphatic rings. The summed E-state index contributed by atoms with van der Waals surface area (Å²) in [5.74, 6) is 0.788. The molecule has 2 aliphatic heterocycles. The van der Waals surface area contributed by atoms with Crippen molar-refractivity contribution in [1.82, 2.24) is 24.6 Å². The fourth-order valence-corrected chi connectivity index (χ4v) is 4.71. The van der Waals surface area contributed by atoms with E-state index in [2.05, 4.69) is 56.1 Å². The third-order valence-electron chi connectivity index (χ3n) is 6.00. The summed E-state index contributed by atoms with van der Waals surface area (Å²) in [6, 6.07) is 12.5. The van der Waals surface area contributed by atoms with Crippen LogP contribution in [0.3, 0.4) is 0 Å². The summed E-state index contributed by atoms with van der Waals surface area (Å²) in [5.41, 5.74) is 3.96. The Morgan fingerprint density at radius 3 is 2.88 bits per heavy atom. The lowest BCUT2D eigenvalue weighted by molar-refractivity contribution is 0.0967. The second kappa shape index (κ2) is 6.49. The molecule has 5 rings (SSSR count). The molecule has 2 saturated heterocycles. The number of nitrogens with zero attached hydrogens (tertiary/aromatic N) is 4. The van der Waals surface area contributed by atoms with Crippen LogP contribution in [0.25, 0.3) is 17.0 Å². The Balaban J connectivity index is 1.51. The molecular formula is C21H25N5. The molecule has 26 heavy (non-hydrogen) atoms. The van der Waals surface area contributed by atoms with Gasteiger partial charge < -0.3 is 5.32 Å². The maximum atomic E-state index is 4.85. The van der Waals surface area contributed by atoms with E-state index < -0.39 is 0 Å². The fraction of sp³-hybridized carbons (Fsp3) is 0.429. The van der Waals surface area contributed by atoms with E-state index in [9.17, 15) is 0 Å². The first-order valence-corrected chi connectivity index (χ1v) is 9.64. The van der Waals surface area contributed by atoms with E-state index >= 15 is 0 Å². The van der Waals surface area contributed by atoms with Gasteiger partial charge in [0.05, 0.1) is 11.4 Å². The van der Waals surface area contributed by atoms with Gasteiger partial charge >= 0.3 is 0 Å². The number of hydrogen-bond acceptors (Lipinski definition) is 4. The summed E-state index contributed by atoms with van der Waals surface area (Å²) in [7, 11) is 0. The standard InChI is InChI=1S/C21H25N5/c1-2-6-17(7-3-1)19-18(26-13-5-10-23-20(26)24-19)14-25-12-4-8-21(16-25)9-11-22-15-21/h1-3,5-7,10,13,22H,4,8-9,11-12,14-16H2/t21-/m1/s1.